The number of nitrogens with one attached hydrogen (secondary N) is 1. The van der Waals surface area contributed by atoms with Gasteiger partial charge in [0.25, 0.3) is 5.91 Å². The summed E-state index contributed by atoms with van der Waals surface area (Å²) in [4.78, 5) is 26.5. The smallest absolute Gasteiger partial charge is 0.338 e. The van der Waals surface area contributed by atoms with Gasteiger partial charge in [-0.05, 0) is 25.5 Å². The fourth-order valence-corrected chi connectivity index (χ4v) is 1.24. The molecule has 0 aliphatic rings. The second kappa shape index (κ2) is 5.59. The number of carbonyl (C=O) groups is 2. The number of nitrogens with zero attached hydrogens (tertiary/aromatic N) is 1. The zero-order valence-electron chi connectivity index (χ0n) is 10.3. The van der Waals surface area contributed by atoms with E-state index in [9.17, 15) is 14.7 Å². The fourth-order valence-electron chi connectivity index (χ4n) is 1.24. The molecule has 6 nitrogen and oxygen atoms in total. The largest absolute Gasteiger partial charge is 0.478 e. The van der Waals surface area contributed by atoms with Crippen molar-refractivity contribution in [2.75, 3.05) is 6.54 Å². The van der Waals surface area contributed by atoms with Crippen LogP contribution >= 0.6 is 0 Å². The number of carbonyl (C=O) groups excluding carboxylic acids is 1. The Bertz CT molecular complexity index is 457. The van der Waals surface area contributed by atoms with Crippen molar-refractivity contribution in [1.29, 1.82) is 0 Å². The summed E-state index contributed by atoms with van der Waals surface area (Å²) in [6.07, 6.45) is 1.82. The van der Waals surface area contributed by atoms with Crippen molar-refractivity contribution >= 4 is 11.9 Å². The molecule has 98 valence electrons. The molecule has 0 bridgehead atoms. The van der Waals surface area contributed by atoms with E-state index in [1.165, 1.54) is 18.3 Å². The highest BCUT2D eigenvalue weighted by molar-refractivity contribution is 6.03. The van der Waals surface area contributed by atoms with Crippen molar-refractivity contribution < 1.29 is 19.8 Å². The Labute approximate surface area is 105 Å². The van der Waals surface area contributed by atoms with Crippen LogP contribution in [-0.2, 0) is 0 Å². The van der Waals surface area contributed by atoms with E-state index in [1.807, 2.05) is 0 Å². The Morgan fingerprint density at radius 3 is 2.72 bits per heavy atom. The Hall–Kier alpha value is -1.95. The van der Waals surface area contributed by atoms with Gasteiger partial charge < -0.3 is 15.5 Å². The quantitative estimate of drug-likeness (QED) is 0.715. The zero-order chi connectivity index (χ0) is 13.8. The van der Waals surface area contributed by atoms with Gasteiger partial charge in [-0.2, -0.15) is 0 Å². The average Bonchev–Trinajstić information content (AvgIpc) is 2.36. The summed E-state index contributed by atoms with van der Waals surface area (Å²) in [5.74, 6) is -1.82. The van der Waals surface area contributed by atoms with Crippen molar-refractivity contribution in [2.45, 2.75) is 25.9 Å². The summed E-state index contributed by atoms with van der Waals surface area (Å²) in [7, 11) is 0. The van der Waals surface area contributed by atoms with Gasteiger partial charge in [-0.25, -0.2) is 4.79 Å². The van der Waals surface area contributed by atoms with E-state index < -0.39 is 17.5 Å². The van der Waals surface area contributed by atoms with Crippen molar-refractivity contribution in [3.63, 3.8) is 0 Å². The lowest BCUT2D eigenvalue weighted by molar-refractivity contribution is 0.0516. The van der Waals surface area contributed by atoms with Crippen LogP contribution in [0.3, 0.4) is 0 Å². The highest BCUT2D eigenvalue weighted by Crippen LogP contribution is 2.08. The van der Waals surface area contributed by atoms with E-state index in [1.54, 1.807) is 13.8 Å². The van der Waals surface area contributed by atoms with Gasteiger partial charge in [0.05, 0.1) is 11.2 Å². The molecule has 1 unspecified atom stereocenters. The van der Waals surface area contributed by atoms with Crippen LogP contribution in [0.2, 0.25) is 0 Å². The molecule has 0 saturated heterocycles. The summed E-state index contributed by atoms with van der Waals surface area (Å²) < 4.78 is 0. The number of amides is 1. The van der Waals surface area contributed by atoms with Gasteiger partial charge in [0.2, 0.25) is 0 Å². The number of carboxylic acid groups (broad SMARTS) is 1. The Morgan fingerprint density at radius 1 is 1.50 bits per heavy atom. The molecule has 1 rings (SSSR count). The predicted molar refractivity (Wildman–Crippen MR) is 64.4 cm³/mol. The monoisotopic (exact) mass is 252 g/mol. The molecule has 3 N–H and O–H groups in total. The van der Waals surface area contributed by atoms with E-state index >= 15 is 0 Å². The summed E-state index contributed by atoms with van der Waals surface area (Å²) in [5.41, 5.74) is -1.34. The lowest BCUT2D eigenvalue weighted by atomic mass is 10.0. The molecule has 1 atom stereocenters. The van der Waals surface area contributed by atoms with Gasteiger partial charge >= 0.3 is 5.97 Å². The molecule has 1 aromatic rings. The number of aromatic carboxylic acids is 1. The second-order valence-corrected chi connectivity index (χ2v) is 4.24. The number of hydrogen-bond donors (Lipinski definition) is 3. The summed E-state index contributed by atoms with van der Waals surface area (Å²) in [6.45, 7) is 3.41. The lowest BCUT2D eigenvalue weighted by Crippen LogP contribution is -2.40. The first-order chi connectivity index (χ1) is 8.37. The number of rotatable bonds is 5. The molecule has 0 aliphatic carbocycles. The Balaban J connectivity index is 2.82. The van der Waals surface area contributed by atoms with Crippen molar-refractivity contribution in [3.8, 4) is 0 Å². The van der Waals surface area contributed by atoms with Gasteiger partial charge in [0.1, 0.15) is 5.69 Å². The normalized spacial score (nSPS) is 13.7. The molecule has 1 heterocycles. The zero-order valence-corrected chi connectivity index (χ0v) is 10.3. The third-order valence-electron chi connectivity index (χ3n) is 2.64. The third-order valence-corrected chi connectivity index (χ3v) is 2.64. The first kappa shape index (κ1) is 14.1. The number of carboxylic acids is 1. The van der Waals surface area contributed by atoms with Gasteiger partial charge in [0.15, 0.2) is 0 Å². The van der Waals surface area contributed by atoms with Gasteiger partial charge in [-0.1, -0.05) is 6.92 Å². The molecule has 0 radical (unpaired) electrons. The van der Waals surface area contributed by atoms with Crippen LogP contribution in [-0.4, -0.2) is 39.2 Å². The van der Waals surface area contributed by atoms with Crippen LogP contribution in [0.1, 0.15) is 41.1 Å². The maximum Gasteiger partial charge on any atom is 0.338 e. The summed E-state index contributed by atoms with van der Waals surface area (Å²) in [6, 6.07) is 2.75. The number of aromatic nitrogens is 1. The number of pyridine rings is 1. The van der Waals surface area contributed by atoms with Gasteiger partial charge in [-0.15, -0.1) is 0 Å². The first-order valence-corrected chi connectivity index (χ1v) is 5.56. The second-order valence-electron chi connectivity index (χ2n) is 4.24. The van der Waals surface area contributed by atoms with Crippen LogP contribution in [0.25, 0.3) is 0 Å². The summed E-state index contributed by atoms with van der Waals surface area (Å²) >= 11 is 0. The van der Waals surface area contributed by atoms with E-state index in [4.69, 9.17) is 5.11 Å². The van der Waals surface area contributed by atoms with Crippen LogP contribution < -0.4 is 5.32 Å². The molecule has 0 aromatic carbocycles. The van der Waals surface area contributed by atoms with Crippen LogP contribution in [0.4, 0.5) is 0 Å². The van der Waals surface area contributed by atoms with Crippen molar-refractivity contribution in [3.05, 3.63) is 29.6 Å². The topological polar surface area (TPSA) is 99.5 Å². The predicted octanol–water partition coefficient (Wildman–Crippen LogP) is 0.671. The molecular weight excluding hydrogens is 236 g/mol. The maximum absolute atomic E-state index is 11.8. The fraction of sp³-hybridized carbons (Fsp3) is 0.417. The third kappa shape index (κ3) is 3.53. The van der Waals surface area contributed by atoms with Crippen LogP contribution in [0.15, 0.2) is 18.3 Å². The summed E-state index contributed by atoms with van der Waals surface area (Å²) in [5, 5.41) is 21.1. The molecule has 0 aliphatic heterocycles. The molecular formula is C12H16N2O4. The SMILES string of the molecule is CCC(C)(O)CNC(=O)c1ncccc1C(=O)O. The van der Waals surface area contributed by atoms with E-state index in [0.717, 1.165) is 0 Å². The van der Waals surface area contributed by atoms with Crippen molar-refractivity contribution in [1.82, 2.24) is 10.3 Å². The molecule has 0 fully saturated rings. The van der Waals surface area contributed by atoms with Gasteiger partial charge in [-0.3, -0.25) is 9.78 Å². The number of hydrogen-bond acceptors (Lipinski definition) is 4. The first-order valence-electron chi connectivity index (χ1n) is 5.56. The Morgan fingerprint density at radius 2 is 2.17 bits per heavy atom. The molecule has 1 aromatic heterocycles. The molecule has 0 saturated carbocycles. The number of aliphatic hydroxyl groups is 1. The minimum atomic E-state index is -1.21. The Kier molecular flexibility index (Phi) is 4.38. The average molecular weight is 252 g/mol. The van der Waals surface area contributed by atoms with Crippen LogP contribution in [0.5, 0.6) is 0 Å². The molecule has 18 heavy (non-hydrogen) atoms. The molecule has 0 spiro atoms. The standard InChI is InChI=1S/C12H16N2O4/c1-3-12(2,18)7-14-10(15)9-8(11(16)17)5-4-6-13-9/h4-6,18H,3,7H2,1-2H3,(H,14,15)(H,16,17). The lowest BCUT2D eigenvalue weighted by Gasteiger charge is -2.21. The highest BCUT2D eigenvalue weighted by atomic mass is 16.4. The maximum atomic E-state index is 11.8. The molecule has 6 heteroatoms. The minimum absolute atomic E-state index is 0.0396. The van der Waals surface area contributed by atoms with Crippen molar-refractivity contribution in [2.24, 2.45) is 0 Å². The van der Waals surface area contributed by atoms with E-state index in [2.05, 4.69) is 10.3 Å². The van der Waals surface area contributed by atoms with E-state index in [-0.39, 0.29) is 17.8 Å². The highest BCUT2D eigenvalue weighted by Gasteiger charge is 2.22. The molecule has 1 amide bonds. The minimum Gasteiger partial charge on any atom is -0.478 e. The van der Waals surface area contributed by atoms with E-state index in [0.29, 0.717) is 6.42 Å². The van der Waals surface area contributed by atoms with Gasteiger partial charge in [0, 0.05) is 12.7 Å². The van der Waals surface area contributed by atoms with Crippen LogP contribution in [0, 0.1) is 0 Å².